The largest absolute Gasteiger partial charge is 0.483 e. The van der Waals surface area contributed by atoms with Gasteiger partial charge in [-0.3, -0.25) is 14.4 Å². The van der Waals surface area contributed by atoms with Crippen molar-refractivity contribution in [2.24, 2.45) is 5.10 Å². The molecule has 1 saturated carbocycles. The lowest BCUT2D eigenvalue weighted by Gasteiger charge is -2.10. The van der Waals surface area contributed by atoms with Gasteiger partial charge in [-0.2, -0.15) is 5.10 Å². The summed E-state index contributed by atoms with van der Waals surface area (Å²) in [5.41, 5.74) is 3.27. The van der Waals surface area contributed by atoms with E-state index in [1.165, 1.54) is 6.21 Å². The van der Waals surface area contributed by atoms with Gasteiger partial charge < -0.3 is 15.4 Å². The van der Waals surface area contributed by atoms with Crippen molar-refractivity contribution >= 4 is 57.2 Å². The number of carbonyl (C=O) groups excluding carboxylic acids is 3. The molecule has 1 aliphatic rings. The van der Waals surface area contributed by atoms with Crippen LogP contribution in [0.4, 0.5) is 5.69 Å². The minimum atomic E-state index is -0.849. The van der Waals surface area contributed by atoms with Gasteiger partial charge in [-0.1, -0.05) is 27.5 Å². The summed E-state index contributed by atoms with van der Waals surface area (Å²) in [6.45, 7) is -0.235. The first-order chi connectivity index (χ1) is 14.4. The summed E-state index contributed by atoms with van der Waals surface area (Å²) in [5.74, 6) is -1.55. The second kappa shape index (κ2) is 10.2. The normalized spacial score (nSPS) is 13.0. The first kappa shape index (κ1) is 21.8. The number of anilines is 1. The second-order valence-electron chi connectivity index (χ2n) is 6.47. The third-order valence-electron chi connectivity index (χ3n) is 3.95. The van der Waals surface area contributed by atoms with Crippen molar-refractivity contribution in [3.8, 4) is 5.75 Å². The van der Waals surface area contributed by atoms with Crippen LogP contribution in [0, 0.1) is 0 Å². The molecule has 1 aliphatic carbocycles. The van der Waals surface area contributed by atoms with E-state index in [2.05, 4.69) is 37.1 Å². The summed E-state index contributed by atoms with van der Waals surface area (Å²) in [5, 5.41) is 9.63. The van der Waals surface area contributed by atoms with Gasteiger partial charge in [-0.25, -0.2) is 5.43 Å². The van der Waals surface area contributed by atoms with E-state index in [-0.39, 0.29) is 18.6 Å². The minimum Gasteiger partial charge on any atom is -0.483 e. The fraction of sp³-hybridized carbons (Fsp3) is 0.200. The average Bonchev–Trinajstić information content (AvgIpc) is 3.53. The molecular weight excluding hydrogens is 476 g/mol. The number of hydrazone groups is 1. The Kier molecular flexibility index (Phi) is 7.42. The van der Waals surface area contributed by atoms with Crippen LogP contribution in [0.25, 0.3) is 0 Å². The Morgan fingerprint density at radius 3 is 2.57 bits per heavy atom. The maximum Gasteiger partial charge on any atom is 0.329 e. The lowest BCUT2D eigenvalue weighted by atomic mass is 10.2. The minimum absolute atomic E-state index is 0.0799. The molecule has 156 valence electrons. The van der Waals surface area contributed by atoms with E-state index >= 15 is 0 Å². The molecule has 10 heteroatoms. The quantitative estimate of drug-likeness (QED) is 0.313. The Labute approximate surface area is 186 Å². The highest BCUT2D eigenvalue weighted by Gasteiger charge is 2.26. The number of amides is 3. The number of ether oxygens (including phenoxy) is 1. The number of nitrogens with one attached hydrogen (secondary N) is 3. The molecule has 0 heterocycles. The summed E-state index contributed by atoms with van der Waals surface area (Å²) in [6, 6.07) is 11.9. The van der Waals surface area contributed by atoms with Gasteiger partial charge in [0.25, 0.3) is 5.91 Å². The average molecular weight is 494 g/mol. The zero-order valence-corrected chi connectivity index (χ0v) is 18.0. The molecule has 8 nitrogen and oxygen atoms in total. The molecule has 2 aromatic carbocycles. The molecule has 3 rings (SSSR count). The molecule has 1 fully saturated rings. The van der Waals surface area contributed by atoms with Crippen LogP contribution >= 0.6 is 27.5 Å². The molecule has 2 aromatic rings. The van der Waals surface area contributed by atoms with Crippen molar-refractivity contribution in [1.82, 2.24) is 10.7 Å². The first-order valence-electron chi connectivity index (χ1n) is 9.02. The van der Waals surface area contributed by atoms with E-state index in [4.69, 9.17) is 16.3 Å². The molecule has 0 aromatic heterocycles. The Balaban J connectivity index is 1.55. The van der Waals surface area contributed by atoms with Crippen molar-refractivity contribution in [3.63, 3.8) is 0 Å². The van der Waals surface area contributed by atoms with E-state index in [1.54, 1.807) is 42.5 Å². The second-order valence-corrected chi connectivity index (χ2v) is 7.82. The van der Waals surface area contributed by atoms with E-state index in [1.807, 2.05) is 0 Å². The molecule has 0 bridgehead atoms. The van der Waals surface area contributed by atoms with Crippen LogP contribution in [0.15, 0.2) is 52.0 Å². The number of hydrogen-bond acceptors (Lipinski definition) is 5. The lowest BCUT2D eigenvalue weighted by Crippen LogP contribution is -2.38. The van der Waals surface area contributed by atoms with Gasteiger partial charge in [0, 0.05) is 26.8 Å². The maximum absolute atomic E-state index is 12.1. The number of nitrogens with zero attached hydrogens (tertiary/aromatic N) is 1. The fourth-order valence-corrected chi connectivity index (χ4v) is 2.82. The van der Waals surface area contributed by atoms with Crippen LogP contribution in [0.3, 0.4) is 0 Å². The predicted octanol–water partition coefficient (Wildman–Crippen LogP) is 2.85. The highest BCUT2D eigenvalue weighted by molar-refractivity contribution is 9.10. The third-order valence-corrected chi connectivity index (χ3v) is 4.69. The van der Waals surface area contributed by atoms with Gasteiger partial charge in [-0.05, 0) is 55.3 Å². The Bertz CT molecular complexity index is 977. The van der Waals surface area contributed by atoms with Crippen LogP contribution in [-0.4, -0.2) is 36.6 Å². The Morgan fingerprint density at radius 2 is 1.87 bits per heavy atom. The van der Waals surface area contributed by atoms with Crippen LogP contribution in [0.2, 0.25) is 5.02 Å². The maximum atomic E-state index is 12.1. The van der Waals surface area contributed by atoms with Gasteiger partial charge in [0.1, 0.15) is 5.75 Å². The van der Waals surface area contributed by atoms with Gasteiger partial charge in [0.2, 0.25) is 0 Å². The predicted molar refractivity (Wildman–Crippen MR) is 117 cm³/mol. The monoisotopic (exact) mass is 492 g/mol. The number of benzene rings is 2. The molecule has 0 unspecified atom stereocenters. The summed E-state index contributed by atoms with van der Waals surface area (Å²) in [6.07, 6.45) is 3.10. The molecule has 0 spiro atoms. The topological polar surface area (TPSA) is 109 Å². The highest BCUT2D eigenvalue weighted by Crippen LogP contribution is 2.22. The van der Waals surface area contributed by atoms with E-state index in [9.17, 15) is 14.4 Å². The highest BCUT2D eigenvalue weighted by atomic mass is 79.9. The zero-order chi connectivity index (χ0) is 21.5. The van der Waals surface area contributed by atoms with Crippen LogP contribution in [-0.2, 0) is 14.4 Å². The lowest BCUT2D eigenvalue weighted by molar-refractivity contribution is -0.139. The van der Waals surface area contributed by atoms with Gasteiger partial charge in [-0.15, -0.1) is 0 Å². The third kappa shape index (κ3) is 6.85. The summed E-state index contributed by atoms with van der Waals surface area (Å²) < 4.78 is 6.32. The zero-order valence-electron chi connectivity index (χ0n) is 15.7. The molecule has 0 atom stereocenters. The molecule has 3 N–H and O–H groups in total. The molecular formula is C20H18BrClN4O4. The van der Waals surface area contributed by atoms with Crippen LogP contribution in [0.5, 0.6) is 5.75 Å². The van der Waals surface area contributed by atoms with Crippen LogP contribution < -0.4 is 20.8 Å². The molecule has 0 saturated heterocycles. The van der Waals surface area contributed by atoms with Crippen molar-refractivity contribution in [3.05, 3.63) is 57.5 Å². The molecule has 3 amide bonds. The number of carbonyl (C=O) groups is 3. The van der Waals surface area contributed by atoms with Crippen molar-refractivity contribution in [1.29, 1.82) is 0 Å². The number of halogens is 2. The Morgan fingerprint density at radius 1 is 1.13 bits per heavy atom. The standard InChI is InChI=1S/C20H18BrClN4O4/c21-13-1-8-17(30-11-18(27)24-15-4-2-14(22)3-5-15)12(9-13)10-23-26-20(29)19(28)25-16-6-7-16/h1-5,8-10,16H,6-7,11H2,(H,24,27)(H,25,28)(H,26,29)/b23-10-. The number of rotatable bonds is 7. The summed E-state index contributed by atoms with van der Waals surface area (Å²) in [7, 11) is 0. The summed E-state index contributed by atoms with van der Waals surface area (Å²) in [4.78, 5) is 35.4. The Hall–Kier alpha value is -2.91. The van der Waals surface area contributed by atoms with Gasteiger partial charge in [0.05, 0.1) is 6.21 Å². The van der Waals surface area contributed by atoms with Crippen LogP contribution in [0.1, 0.15) is 18.4 Å². The SMILES string of the molecule is O=C(COc1ccc(Br)cc1/C=N\NC(=O)C(=O)NC1CC1)Nc1ccc(Cl)cc1. The first-order valence-corrected chi connectivity index (χ1v) is 10.2. The summed E-state index contributed by atoms with van der Waals surface area (Å²) >= 11 is 9.17. The van der Waals surface area contributed by atoms with E-state index < -0.39 is 11.8 Å². The molecule has 30 heavy (non-hydrogen) atoms. The van der Waals surface area contributed by atoms with E-state index in [0.29, 0.717) is 22.0 Å². The van der Waals surface area contributed by atoms with Gasteiger partial charge >= 0.3 is 11.8 Å². The van der Waals surface area contributed by atoms with Crippen molar-refractivity contribution in [2.45, 2.75) is 18.9 Å². The molecule has 0 radical (unpaired) electrons. The number of hydrogen-bond donors (Lipinski definition) is 3. The van der Waals surface area contributed by atoms with Crippen molar-refractivity contribution < 1.29 is 19.1 Å². The van der Waals surface area contributed by atoms with E-state index in [0.717, 1.165) is 17.3 Å². The molecule has 0 aliphatic heterocycles. The smallest absolute Gasteiger partial charge is 0.329 e. The van der Waals surface area contributed by atoms with Crippen molar-refractivity contribution in [2.75, 3.05) is 11.9 Å². The van der Waals surface area contributed by atoms with Gasteiger partial charge in [0.15, 0.2) is 6.61 Å². The fourth-order valence-electron chi connectivity index (χ4n) is 2.32.